The molecule has 0 unspecified atom stereocenters. The Labute approximate surface area is 183 Å². The van der Waals surface area contributed by atoms with Crippen molar-refractivity contribution in [1.82, 2.24) is 10.6 Å². The van der Waals surface area contributed by atoms with Crippen molar-refractivity contribution in [3.63, 3.8) is 0 Å². The fraction of sp³-hybridized carbons (Fsp3) is 0.273. The predicted octanol–water partition coefficient (Wildman–Crippen LogP) is 4.18. The molecule has 158 valence electrons. The van der Waals surface area contributed by atoms with Crippen LogP contribution in [-0.4, -0.2) is 32.3 Å². The van der Waals surface area contributed by atoms with Crippen LogP contribution in [0.4, 0.5) is 4.79 Å². The van der Waals surface area contributed by atoms with Crippen molar-refractivity contribution in [3.05, 3.63) is 63.6 Å². The van der Waals surface area contributed by atoms with Gasteiger partial charge in [-0.2, -0.15) is 0 Å². The molecule has 2 N–H and O–H groups in total. The van der Waals surface area contributed by atoms with Crippen molar-refractivity contribution in [2.24, 2.45) is 0 Å². The summed E-state index contributed by atoms with van der Waals surface area (Å²) in [6, 6.07) is 11.5. The van der Waals surface area contributed by atoms with Crippen LogP contribution in [0, 0.1) is 0 Å². The van der Waals surface area contributed by atoms with Crippen LogP contribution in [0.25, 0.3) is 5.70 Å². The van der Waals surface area contributed by atoms with Gasteiger partial charge in [0.25, 0.3) is 0 Å². The Kier molecular flexibility index (Phi) is 6.99. The fourth-order valence-corrected chi connectivity index (χ4v) is 3.81. The number of ether oxygens (including phenoxy) is 3. The summed E-state index contributed by atoms with van der Waals surface area (Å²) in [5.74, 6) is 0.530. The smallest absolute Gasteiger partial charge is 0.338 e. The minimum Gasteiger partial charge on any atom is -0.493 e. The fourth-order valence-electron chi connectivity index (χ4n) is 3.26. The lowest BCUT2D eigenvalue weighted by Gasteiger charge is -2.30. The first-order valence-electron chi connectivity index (χ1n) is 9.54. The lowest BCUT2D eigenvalue weighted by Crippen LogP contribution is -2.45. The van der Waals surface area contributed by atoms with Gasteiger partial charge in [0.05, 0.1) is 37.6 Å². The molecule has 0 bridgehead atoms. The van der Waals surface area contributed by atoms with Crippen molar-refractivity contribution < 1.29 is 23.8 Å². The number of hydrogen-bond donors (Lipinski definition) is 2. The van der Waals surface area contributed by atoms with Gasteiger partial charge < -0.3 is 24.8 Å². The number of carbonyl (C=O) groups excluding carboxylic acids is 2. The molecule has 30 heavy (non-hydrogen) atoms. The van der Waals surface area contributed by atoms with Gasteiger partial charge in [-0.3, -0.25) is 0 Å². The van der Waals surface area contributed by atoms with Crippen LogP contribution in [0.1, 0.15) is 31.0 Å². The molecule has 1 aliphatic rings. The van der Waals surface area contributed by atoms with Gasteiger partial charge in [0.1, 0.15) is 0 Å². The lowest BCUT2D eigenvalue weighted by molar-refractivity contribution is -0.138. The van der Waals surface area contributed by atoms with Gasteiger partial charge in [-0.1, -0.05) is 46.3 Å². The van der Waals surface area contributed by atoms with Gasteiger partial charge in [0.15, 0.2) is 11.5 Å². The number of methoxy groups -OCH3 is 1. The van der Waals surface area contributed by atoms with Crippen molar-refractivity contribution in [2.75, 3.05) is 20.3 Å². The molecule has 3 rings (SSSR count). The minimum absolute atomic E-state index is 0.207. The monoisotopic (exact) mass is 474 g/mol. The molecule has 2 aromatic rings. The van der Waals surface area contributed by atoms with E-state index in [1.54, 1.807) is 26.2 Å². The zero-order valence-corrected chi connectivity index (χ0v) is 18.5. The maximum atomic E-state index is 13.0. The van der Waals surface area contributed by atoms with E-state index >= 15 is 0 Å². The molecule has 0 fully saturated rings. The van der Waals surface area contributed by atoms with E-state index in [0.29, 0.717) is 45.0 Å². The average molecular weight is 475 g/mol. The molecular weight excluding hydrogens is 452 g/mol. The van der Waals surface area contributed by atoms with E-state index in [1.165, 1.54) is 0 Å². The van der Waals surface area contributed by atoms with Gasteiger partial charge >= 0.3 is 12.0 Å². The molecule has 7 nitrogen and oxygen atoms in total. The van der Waals surface area contributed by atoms with Crippen molar-refractivity contribution in [3.8, 4) is 11.5 Å². The molecule has 2 aromatic carbocycles. The number of esters is 1. The second-order valence-electron chi connectivity index (χ2n) is 6.36. The number of nitrogens with one attached hydrogen (secondary N) is 2. The SMILES string of the molecule is CCOC(=O)C1=C(c2ccccc2)NC(=O)N[C@H]1c1cc(OCC)c(OC)cc1Br. The van der Waals surface area contributed by atoms with Crippen LogP contribution in [-0.2, 0) is 9.53 Å². The number of hydrogen-bond acceptors (Lipinski definition) is 5. The first kappa shape index (κ1) is 21.7. The van der Waals surface area contributed by atoms with Gasteiger partial charge in [-0.15, -0.1) is 0 Å². The summed E-state index contributed by atoms with van der Waals surface area (Å²) >= 11 is 3.54. The third-order valence-electron chi connectivity index (χ3n) is 4.52. The van der Waals surface area contributed by atoms with Gasteiger partial charge in [-0.05, 0) is 37.1 Å². The Morgan fingerprint density at radius 2 is 1.83 bits per heavy atom. The number of rotatable bonds is 7. The van der Waals surface area contributed by atoms with Crippen molar-refractivity contribution in [2.45, 2.75) is 19.9 Å². The summed E-state index contributed by atoms with van der Waals surface area (Å²) < 4.78 is 17.1. The van der Waals surface area contributed by atoms with E-state index < -0.39 is 18.0 Å². The number of benzene rings is 2. The normalized spacial score (nSPS) is 15.9. The molecule has 8 heteroatoms. The van der Waals surface area contributed by atoms with Crippen LogP contribution in [0.2, 0.25) is 0 Å². The molecule has 2 amide bonds. The highest BCUT2D eigenvalue weighted by Crippen LogP contribution is 2.40. The Morgan fingerprint density at radius 1 is 1.10 bits per heavy atom. The molecule has 1 heterocycles. The average Bonchev–Trinajstić information content (AvgIpc) is 2.75. The minimum atomic E-state index is -0.757. The van der Waals surface area contributed by atoms with E-state index in [0.717, 1.165) is 0 Å². The topological polar surface area (TPSA) is 85.9 Å². The first-order valence-corrected chi connectivity index (χ1v) is 10.3. The second-order valence-corrected chi connectivity index (χ2v) is 7.22. The van der Waals surface area contributed by atoms with Gasteiger partial charge in [-0.25, -0.2) is 9.59 Å². The van der Waals surface area contributed by atoms with E-state index in [9.17, 15) is 9.59 Å². The number of halogens is 1. The summed E-state index contributed by atoms with van der Waals surface area (Å²) in [6.45, 7) is 4.25. The highest BCUT2D eigenvalue weighted by Gasteiger charge is 2.36. The van der Waals surface area contributed by atoms with Crippen LogP contribution in [0.15, 0.2) is 52.5 Å². The molecule has 0 saturated heterocycles. The van der Waals surface area contributed by atoms with Gasteiger partial charge in [0, 0.05) is 4.47 Å². The van der Waals surface area contributed by atoms with E-state index in [-0.39, 0.29) is 6.61 Å². The summed E-state index contributed by atoms with van der Waals surface area (Å²) in [7, 11) is 1.55. The standard InChI is InChI=1S/C22H23BrN2O5/c1-4-29-17-11-14(15(23)12-16(17)28-3)20-18(21(26)30-5-2)19(24-22(27)25-20)13-9-7-6-8-10-13/h6-12,20H,4-5H2,1-3H3,(H2,24,25,27)/t20-/m0/s1. The molecule has 0 radical (unpaired) electrons. The van der Waals surface area contributed by atoms with Crippen LogP contribution in [0.3, 0.4) is 0 Å². The third kappa shape index (κ3) is 4.43. The molecule has 1 atom stereocenters. The molecule has 0 spiro atoms. The van der Waals surface area contributed by atoms with Crippen molar-refractivity contribution >= 4 is 33.6 Å². The molecule has 1 aliphatic heterocycles. The number of amides is 2. The van der Waals surface area contributed by atoms with Crippen LogP contribution >= 0.6 is 15.9 Å². The van der Waals surface area contributed by atoms with E-state index in [4.69, 9.17) is 14.2 Å². The van der Waals surface area contributed by atoms with E-state index in [2.05, 4.69) is 26.6 Å². The Hall–Kier alpha value is -3.00. The zero-order chi connectivity index (χ0) is 21.7. The molecule has 0 aliphatic carbocycles. The summed E-state index contributed by atoms with van der Waals surface area (Å²) in [5, 5.41) is 5.60. The highest BCUT2D eigenvalue weighted by atomic mass is 79.9. The van der Waals surface area contributed by atoms with Crippen molar-refractivity contribution in [1.29, 1.82) is 0 Å². The number of carbonyl (C=O) groups is 2. The highest BCUT2D eigenvalue weighted by molar-refractivity contribution is 9.10. The molecule has 0 saturated carbocycles. The maximum Gasteiger partial charge on any atom is 0.338 e. The molecule has 0 aromatic heterocycles. The largest absolute Gasteiger partial charge is 0.493 e. The Morgan fingerprint density at radius 3 is 2.47 bits per heavy atom. The quantitative estimate of drug-likeness (QED) is 0.587. The lowest BCUT2D eigenvalue weighted by atomic mass is 9.92. The summed E-state index contributed by atoms with van der Waals surface area (Å²) in [5.41, 5.74) is 2.06. The second kappa shape index (κ2) is 9.67. The Bertz CT molecular complexity index is 975. The maximum absolute atomic E-state index is 13.0. The predicted molar refractivity (Wildman–Crippen MR) is 116 cm³/mol. The third-order valence-corrected chi connectivity index (χ3v) is 5.21. The first-order chi connectivity index (χ1) is 14.5. The number of urea groups is 1. The van der Waals surface area contributed by atoms with Crippen LogP contribution < -0.4 is 20.1 Å². The summed E-state index contributed by atoms with van der Waals surface area (Å²) in [6.07, 6.45) is 0. The summed E-state index contributed by atoms with van der Waals surface area (Å²) in [4.78, 5) is 25.5. The molecular formula is C22H23BrN2O5. The van der Waals surface area contributed by atoms with Crippen LogP contribution in [0.5, 0.6) is 11.5 Å². The van der Waals surface area contributed by atoms with Gasteiger partial charge in [0.2, 0.25) is 0 Å². The zero-order valence-electron chi connectivity index (χ0n) is 17.0. The Balaban J connectivity index is 2.22. The van der Waals surface area contributed by atoms with E-state index in [1.807, 2.05) is 37.3 Å².